The fourth-order valence-electron chi connectivity index (χ4n) is 5.19. The molecule has 2 fully saturated rings. The number of hydrogen-bond acceptors (Lipinski definition) is 7. The number of carbonyl (C=O) groups is 4. The van der Waals surface area contributed by atoms with Gasteiger partial charge in [-0.3, -0.25) is 33.9 Å². The summed E-state index contributed by atoms with van der Waals surface area (Å²) < 4.78 is 27.8. The van der Waals surface area contributed by atoms with Crippen molar-refractivity contribution in [2.45, 2.75) is 37.0 Å². The predicted octanol–water partition coefficient (Wildman–Crippen LogP) is 1.65. The van der Waals surface area contributed by atoms with Crippen LogP contribution >= 0.6 is 0 Å². The summed E-state index contributed by atoms with van der Waals surface area (Å²) in [6, 6.07) is 13.7. The fourth-order valence-corrected chi connectivity index (χ4v) is 6.74. The second kappa shape index (κ2) is 10.8. The zero-order chi connectivity index (χ0) is 26.9. The molecule has 0 aromatic heterocycles. The van der Waals surface area contributed by atoms with E-state index < -0.39 is 21.7 Å². The standard InChI is InChI=1S/C27H30N4O6S/c32-24-17-28(18-25(33)30(24)15-12-20-8-4-3-5-9-20)19-31-23-11-10-21(16-22(23)26(34)27(31)35)38(36,37)29-13-6-1-2-7-14-29/h3-5,8-11,16H,1-2,6-7,12-15,17-19H2. The number of imide groups is 1. The number of nitrogens with zero attached hydrogens (tertiary/aromatic N) is 4. The zero-order valence-corrected chi connectivity index (χ0v) is 21.9. The van der Waals surface area contributed by atoms with Crippen molar-refractivity contribution in [2.75, 3.05) is 44.3 Å². The molecule has 2 aromatic carbocycles. The Morgan fingerprint density at radius 2 is 1.42 bits per heavy atom. The number of Topliss-reactive ketones (excluding diaryl/α,β-unsaturated/α-hetero) is 1. The van der Waals surface area contributed by atoms with E-state index in [-0.39, 0.29) is 54.3 Å². The van der Waals surface area contributed by atoms with Gasteiger partial charge in [0.2, 0.25) is 21.8 Å². The maximum Gasteiger partial charge on any atom is 0.300 e. The molecule has 3 aliphatic rings. The number of amides is 3. The second-order valence-electron chi connectivity index (χ2n) is 9.86. The van der Waals surface area contributed by atoms with Gasteiger partial charge in [-0.25, -0.2) is 8.42 Å². The number of piperazine rings is 1. The van der Waals surface area contributed by atoms with E-state index in [1.165, 1.54) is 37.2 Å². The van der Waals surface area contributed by atoms with Crippen molar-refractivity contribution in [3.05, 3.63) is 59.7 Å². The first-order valence-electron chi connectivity index (χ1n) is 12.9. The molecule has 10 nitrogen and oxygen atoms in total. The maximum absolute atomic E-state index is 13.2. The van der Waals surface area contributed by atoms with Gasteiger partial charge in [0, 0.05) is 19.6 Å². The third-order valence-corrected chi connectivity index (χ3v) is 9.17. The van der Waals surface area contributed by atoms with Crippen molar-refractivity contribution in [1.82, 2.24) is 14.1 Å². The third-order valence-electron chi connectivity index (χ3n) is 7.27. The lowest BCUT2D eigenvalue weighted by Crippen LogP contribution is -2.57. The highest BCUT2D eigenvalue weighted by Crippen LogP contribution is 2.32. The van der Waals surface area contributed by atoms with Gasteiger partial charge in [-0.15, -0.1) is 0 Å². The molecule has 0 radical (unpaired) electrons. The van der Waals surface area contributed by atoms with E-state index >= 15 is 0 Å². The van der Waals surface area contributed by atoms with Crippen molar-refractivity contribution >= 4 is 39.2 Å². The van der Waals surface area contributed by atoms with E-state index in [0.717, 1.165) is 31.2 Å². The highest BCUT2D eigenvalue weighted by Gasteiger charge is 2.40. The van der Waals surface area contributed by atoms with Crippen molar-refractivity contribution in [1.29, 1.82) is 0 Å². The van der Waals surface area contributed by atoms with Crippen molar-refractivity contribution in [3.63, 3.8) is 0 Å². The van der Waals surface area contributed by atoms with Crippen LogP contribution < -0.4 is 4.90 Å². The normalized spacial score (nSPS) is 19.7. The van der Waals surface area contributed by atoms with E-state index in [9.17, 15) is 27.6 Å². The van der Waals surface area contributed by atoms with Crippen molar-refractivity contribution in [3.8, 4) is 0 Å². The van der Waals surface area contributed by atoms with Crippen LogP contribution in [0.1, 0.15) is 41.6 Å². The lowest BCUT2D eigenvalue weighted by molar-refractivity contribution is -0.151. The highest BCUT2D eigenvalue weighted by molar-refractivity contribution is 7.89. The van der Waals surface area contributed by atoms with Gasteiger partial charge < -0.3 is 0 Å². The van der Waals surface area contributed by atoms with Gasteiger partial charge in [0.15, 0.2) is 0 Å². The van der Waals surface area contributed by atoms with Gasteiger partial charge >= 0.3 is 5.91 Å². The van der Waals surface area contributed by atoms with E-state index in [1.54, 1.807) is 0 Å². The highest BCUT2D eigenvalue weighted by atomic mass is 32.2. The zero-order valence-electron chi connectivity index (χ0n) is 21.0. The lowest BCUT2D eigenvalue weighted by atomic mass is 10.1. The van der Waals surface area contributed by atoms with Gasteiger partial charge in [0.1, 0.15) is 0 Å². The topological polar surface area (TPSA) is 115 Å². The number of fused-ring (bicyclic) bond motifs is 1. The summed E-state index contributed by atoms with van der Waals surface area (Å²) >= 11 is 0. The van der Waals surface area contributed by atoms with Gasteiger partial charge in [-0.1, -0.05) is 43.2 Å². The Morgan fingerprint density at radius 1 is 0.763 bits per heavy atom. The summed E-state index contributed by atoms with van der Waals surface area (Å²) in [4.78, 5) is 55.1. The number of anilines is 1. The van der Waals surface area contributed by atoms with Crippen LogP contribution in [0.2, 0.25) is 0 Å². The molecule has 0 spiro atoms. The van der Waals surface area contributed by atoms with E-state index in [1.807, 2.05) is 30.3 Å². The van der Waals surface area contributed by atoms with Crippen LogP contribution in [0.25, 0.3) is 0 Å². The Balaban J connectivity index is 1.28. The number of benzene rings is 2. The first-order valence-corrected chi connectivity index (χ1v) is 14.3. The molecule has 0 N–H and O–H groups in total. The molecular formula is C27H30N4O6S. The lowest BCUT2D eigenvalue weighted by Gasteiger charge is -2.34. The summed E-state index contributed by atoms with van der Waals surface area (Å²) in [5.74, 6) is -2.34. The van der Waals surface area contributed by atoms with E-state index in [0.29, 0.717) is 19.5 Å². The Labute approximate surface area is 221 Å². The van der Waals surface area contributed by atoms with Crippen molar-refractivity contribution in [2.24, 2.45) is 0 Å². The molecular weight excluding hydrogens is 508 g/mol. The fraction of sp³-hybridized carbons (Fsp3) is 0.407. The molecule has 0 unspecified atom stereocenters. The van der Waals surface area contributed by atoms with Gasteiger partial charge in [0.05, 0.1) is 35.9 Å². The second-order valence-corrected chi connectivity index (χ2v) is 11.8. The van der Waals surface area contributed by atoms with Crippen LogP contribution in [0, 0.1) is 0 Å². The molecule has 2 saturated heterocycles. The van der Waals surface area contributed by atoms with E-state index in [4.69, 9.17) is 0 Å². The predicted molar refractivity (Wildman–Crippen MR) is 139 cm³/mol. The number of hydrogen-bond donors (Lipinski definition) is 0. The number of sulfonamides is 1. The molecule has 3 heterocycles. The minimum Gasteiger partial charge on any atom is -0.291 e. The Bertz CT molecular complexity index is 1350. The minimum absolute atomic E-state index is 0.0152. The van der Waals surface area contributed by atoms with Crippen LogP contribution in [0.5, 0.6) is 0 Å². The van der Waals surface area contributed by atoms with Crippen LogP contribution in [0.15, 0.2) is 53.4 Å². The summed E-state index contributed by atoms with van der Waals surface area (Å²) in [6.07, 6.45) is 4.07. The van der Waals surface area contributed by atoms with Crippen LogP contribution in [0.3, 0.4) is 0 Å². The molecule has 0 saturated carbocycles. The summed E-state index contributed by atoms with van der Waals surface area (Å²) in [5.41, 5.74) is 1.32. The average Bonchev–Trinajstić information content (AvgIpc) is 3.09. The molecule has 11 heteroatoms. The first-order chi connectivity index (χ1) is 18.3. The molecule has 0 bridgehead atoms. The van der Waals surface area contributed by atoms with E-state index in [2.05, 4.69) is 0 Å². The average molecular weight is 539 g/mol. The smallest absolute Gasteiger partial charge is 0.291 e. The van der Waals surface area contributed by atoms with Gasteiger partial charge in [-0.05, 0) is 43.0 Å². The largest absolute Gasteiger partial charge is 0.300 e. The first kappa shape index (κ1) is 26.2. The summed E-state index contributed by atoms with van der Waals surface area (Å²) in [5, 5.41) is 0. The maximum atomic E-state index is 13.2. The summed E-state index contributed by atoms with van der Waals surface area (Å²) in [6.45, 7) is 0.855. The molecule has 200 valence electrons. The Morgan fingerprint density at radius 3 is 2.08 bits per heavy atom. The SMILES string of the molecule is O=C1C(=O)N(CN2CC(=O)N(CCc3ccccc3)C(=O)C2)c2ccc(S(=O)(=O)N3CCCCCC3)cc21. The molecule has 38 heavy (non-hydrogen) atoms. The number of carbonyl (C=O) groups excluding carboxylic acids is 4. The minimum atomic E-state index is -3.79. The molecule has 0 aliphatic carbocycles. The third kappa shape index (κ3) is 5.13. The molecule has 3 aliphatic heterocycles. The van der Waals surface area contributed by atoms with Gasteiger partial charge in [-0.2, -0.15) is 4.31 Å². The molecule has 0 atom stereocenters. The summed E-state index contributed by atoms with van der Waals surface area (Å²) in [7, 11) is -3.79. The number of rotatable bonds is 7. The van der Waals surface area contributed by atoms with Gasteiger partial charge in [0.25, 0.3) is 5.78 Å². The molecule has 2 aromatic rings. The number of ketones is 1. The van der Waals surface area contributed by atoms with Crippen LogP contribution in [-0.2, 0) is 30.8 Å². The quantitative estimate of drug-likeness (QED) is 0.389. The molecule has 5 rings (SSSR count). The Hall–Kier alpha value is -3.41. The monoisotopic (exact) mass is 538 g/mol. The Kier molecular flexibility index (Phi) is 7.42. The van der Waals surface area contributed by atoms with Crippen LogP contribution in [-0.4, -0.2) is 85.4 Å². The van der Waals surface area contributed by atoms with Crippen LogP contribution in [0.4, 0.5) is 5.69 Å². The molecule has 3 amide bonds. The van der Waals surface area contributed by atoms with Crippen molar-refractivity contribution < 1.29 is 27.6 Å².